The van der Waals surface area contributed by atoms with Gasteiger partial charge in [0.15, 0.2) is 11.3 Å². The van der Waals surface area contributed by atoms with E-state index < -0.39 is 23.2 Å². The lowest BCUT2D eigenvalue weighted by molar-refractivity contribution is -0.145. The van der Waals surface area contributed by atoms with Crippen molar-refractivity contribution in [2.75, 3.05) is 7.11 Å². The maximum atomic E-state index is 12.7. The van der Waals surface area contributed by atoms with Crippen molar-refractivity contribution in [2.24, 2.45) is 0 Å². The van der Waals surface area contributed by atoms with E-state index in [-0.39, 0.29) is 0 Å². The Kier molecular flexibility index (Phi) is 4.91. The van der Waals surface area contributed by atoms with Crippen molar-refractivity contribution < 1.29 is 19.1 Å². The van der Waals surface area contributed by atoms with Crippen LogP contribution in [0.3, 0.4) is 0 Å². The molecule has 0 saturated carbocycles. The summed E-state index contributed by atoms with van der Waals surface area (Å²) in [5.74, 6) is -1.88. The highest BCUT2D eigenvalue weighted by molar-refractivity contribution is 6.18. The molecular weight excluding hydrogens is 294 g/mol. The minimum Gasteiger partial charge on any atom is -0.467 e. The molecule has 118 valence electrons. The van der Waals surface area contributed by atoms with Gasteiger partial charge in [-0.3, -0.25) is 9.59 Å². The fourth-order valence-electron chi connectivity index (χ4n) is 2.17. The van der Waals surface area contributed by atoms with E-state index in [2.05, 4.69) is 5.32 Å². The molecule has 5 heteroatoms. The first-order valence-electron chi connectivity index (χ1n) is 7.05. The van der Waals surface area contributed by atoms with Crippen LogP contribution in [0.25, 0.3) is 0 Å². The molecule has 0 saturated heterocycles. The van der Waals surface area contributed by atoms with E-state index in [0.29, 0.717) is 11.1 Å². The number of carbonyl (C=O) groups excluding carboxylic acids is 3. The van der Waals surface area contributed by atoms with Gasteiger partial charge < -0.3 is 10.1 Å². The molecule has 0 bridgehead atoms. The minimum atomic E-state index is -1.80. The highest BCUT2D eigenvalue weighted by atomic mass is 16.5. The van der Waals surface area contributed by atoms with Gasteiger partial charge in [-0.05, 0) is 19.1 Å². The first-order chi connectivity index (χ1) is 11.0. The van der Waals surface area contributed by atoms with Gasteiger partial charge >= 0.3 is 5.97 Å². The lowest BCUT2D eigenvalue weighted by Gasteiger charge is -2.26. The molecule has 0 radical (unpaired) electrons. The summed E-state index contributed by atoms with van der Waals surface area (Å²) in [5.41, 5.74) is -1.14. The van der Waals surface area contributed by atoms with E-state index in [9.17, 15) is 14.4 Å². The van der Waals surface area contributed by atoms with Crippen molar-refractivity contribution in [2.45, 2.75) is 12.5 Å². The van der Waals surface area contributed by atoms with Gasteiger partial charge in [-0.25, -0.2) is 4.79 Å². The second-order valence-corrected chi connectivity index (χ2v) is 5.13. The van der Waals surface area contributed by atoms with E-state index in [1.54, 1.807) is 60.7 Å². The number of hydrogen-bond donors (Lipinski definition) is 1. The number of ether oxygens (including phenoxy) is 1. The molecule has 2 rings (SSSR count). The largest absolute Gasteiger partial charge is 0.467 e. The summed E-state index contributed by atoms with van der Waals surface area (Å²) in [4.78, 5) is 37.2. The first-order valence-corrected chi connectivity index (χ1v) is 7.05. The summed E-state index contributed by atoms with van der Waals surface area (Å²) in [6.45, 7) is 1.34. The smallest absolute Gasteiger partial charge is 0.339 e. The minimum absolute atomic E-state index is 0.314. The molecule has 1 atom stereocenters. The van der Waals surface area contributed by atoms with Gasteiger partial charge in [-0.15, -0.1) is 0 Å². The van der Waals surface area contributed by atoms with Crippen LogP contribution in [0.15, 0.2) is 60.7 Å². The Labute approximate surface area is 134 Å². The van der Waals surface area contributed by atoms with Crippen molar-refractivity contribution in [1.82, 2.24) is 5.32 Å². The summed E-state index contributed by atoms with van der Waals surface area (Å²) < 4.78 is 4.72. The average Bonchev–Trinajstić information content (AvgIpc) is 2.61. The van der Waals surface area contributed by atoms with Crippen LogP contribution in [-0.4, -0.2) is 30.3 Å². The number of methoxy groups -OCH3 is 1. The molecule has 23 heavy (non-hydrogen) atoms. The normalized spacial score (nSPS) is 12.8. The lowest BCUT2D eigenvalue weighted by Crippen LogP contribution is -2.58. The van der Waals surface area contributed by atoms with Crippen LogP contribution < -0.4 is 5.32 Å². The number of hydrogen-bond acceptors (Lipinski definition) is 4. The van der Waals surface area contributed by atoms with Crippen LogP contribution in [0.2, 0.25) is 0 Å². The Morgan fingerprint density at radius 2 is 1.35 bits per heavy atom. The second-order valence-electron chi connectivity index (χ2n) is 5.13. The predicted molar refractivity (Wildman–Crippen MR) is 85.1 cm³/mol. The third-order valence-electron chi connectivity index (χ3n) is 3.48. The van der Waals surface area contributed by atoms with Crippen LogP contribution >= 0.6 is 0 Å². The molecule has 1 amide bonds. The Hall–Kier alpha value is -2.95. The number of rotatable bonds is 5. The molecule has 0 aliphatic rings. The predicted octanol–water partition coefficient (Wildman–Crippen LogP) is 2.23. The molecule has 1 N–H and O–H groups in total. The molecule has 2 aromatic carbocycles. The Morgan fingerprint density at radius 1 is 0.870 bits per heavy atom. The number of esters is 1. The quantitative estimate of drug-likeness (QED) is 0.522. The Balaban J connectivity index is 2.35. The number of carbonyl (C=O) groups is 3. The lowest BCUT2D eigenvalue weighted by atomic mass is 9.90. The number of amides is 1. The third kappa shape index (κ3) is 3.45. The zero-order valence-electron chi connectivity index (χ0n) is 12.9. The Morgan fingerprint density at radius 3 is 1.83 bits per heavy atom. The van der Waals surface area contributed by atoms with Gasteiger partial charge in [0.05, 0.1) is 7.11 Å². The molecule has 0 aliphatic heterocycles. The van der Waals surface area contributed by atoms with Crippen molar-refractivity contribution in [3.63, 3.8) is 0 Å². The van der Waals surface area contributed by atoms with Gasteiger partial charge in [0.2, 0.25) is 0 Å². The molecule has 1 unspecified atom stereocenters. The molecule has 0 aromatic heterocycles. The molecule has 0 spiro atoms. The van der Waals surface area contributed by atoms with E-state index in [1.165, 1.54) is 14.0 Å². The zero-order chi connectivity index (χ0) is 16.9. The molecule has 0 heterocycles. The van der Waals surface area contributed by atoms with Crippen molar-refractivity contribution in [3.05, 3.63) is 71.8 Å². The fourth-order valence-corrected chi connectivity index (χ4v) is 2.17. The summed E-state index contributed by atoms with van der Waals surface area (Å²) in [7, 11) is 1.17. The monoisotopic (exact) mass is 311 g/mol. The van der Waals surface area contributed by atoms with Crippen molar-refractivity contribution in [3.8, 4) is 0 Å². The maximum Gasteiger partial charge on any atom is 0.339 e. The zero-order valence-corrected chi connectivity index (χ0v) is 12.9. The highest BCUT2D eigenvalue weighted by Gasteiger charge is 2.44. The van der Waals surface area contributed by atoms with Crippen molar-refractivity contribution in [1.29, 1.82) is 0 Å². The second kappa shape index (κ2) is 6.87. The van der Waals surface area contributed by atoms with Gasteiger partial charge in [0.25, 0.3) is 5.91 Å². The standard InChI is InChI=1S/C18H17NO4/c1-18(17(22)23-2,15(20)13-9-5-3-6-10-13)19-16(21)14-11-7-4-8-12-14/h3-12H,1-2H3,(H,19,21). The van der Waals surface area contributed by atoms with Crippen molar-refractivity contribution >= 4 is 17.7 Å². The molecule has 5 nitrogen and oxygen atoms in total. The Bertz CT molecular complexity index is 712. The van der Waals surface area contributed by atoms with Gasteiger partial charge in [-0.1, -0.05) is 48.5 Å². The van der Waals surface area contributed by atoms with Gasteiger partial charge in [0, 0.05) is 11.1 Å². The van der Waals surface area contributed by atoms with Gasteiger partial charge in [-0.2, -0.15) is 0 Å². The first kappa shape index (κ1) is 16.4. The number of ketones is 1. The SMILES string of the molecule is COC(=O)C(C)(NC(=O)c1ccccc1)C(=O)c1ccccc1. The summed E-state index contributed by atoms with van der Waals surface area (Å²) in [6, 6.07) is 16.7. The van der Waals surface area contributed by atoms with Crippen LogP contribution in [0.1, 0.15) is 27.6 Å². The fraction of sp³-hybridized carbons (Fsp3) is 0.167. The van der Waals surface area contributed by atoms with Gasteiger partial charge in [0.1, 0.15) is 0 Å². The number of nitrogens with one attached hydrogen (secondary N) is 1. The van der Waals surface area contributed by atoms with E-state index in [4.69, 9.17) is 4.74 Å². The van der Waals surface area contributed by atoms with E-state index in [0.717, 1.165) is 0 Å². The van der Waals surface area contributed by atoms with Crippen LogP contribution in [0, 0.1) is 0 Å². The summed E-state index contributed by atoms with van der Waals surface area (Å²) >= 11 is 0. The molecule has 0 aliphatic carbocycles. The highest BCUT2D eigenvalue weighted by Crippen LogP contribution is 2.16. The van der Waals surface area contributed by atoms with E-state index in [1.807, 2.05) is 0 Å². The molecule has 2 aromatic rings. The maximum absolute atomic E-state index is 12.7. The van der Waals surface area contributed by atoms with Crippen LogP contribution in [-0.2, 0) is 9.53 Å². The number of benzene rings is 2. The summed E-state index contributed by atoms with van der Waals surface area (Å²) in [5, 5.41) is 2.50. The molecular formula is C18H17NO4. The number of Topliss-reactive ketones (excluding diaryl/α,β-unsaturated/α-hetero) is 1. The topological polar surface area (TPSA) is 72.5 Å². The van der Waals surface area contributed by atoms with Crippen LogP contribution in [0.4, 0.5) is 0 Å². The van der Waals surface area contributed by atoms with E-state index >= 15 is 0 Å². The summed E-state index contributed by atoms with van der Waals surface area (Å²) in [6.07, 6.45) is 0. The third-order valence-corrected chi connectivity index (χ3v) is 3.48. The molecule has 0 fully saturated rings. The average molecular weight is 311 g/mol. The van der Waals surface area contributed by atoms with Crippen LogP contribution in [0.5, 0.6) is 0 Å².